The molecule has 0 bridgehead atoms. The molecule has 0 aromatic rings. The molecule has 0 aliphatic rings. The molecule has 0 radical (unpaired) electrons. The number of hydrogen-bond donors (Lipinski definition) is 2. The molecule has 17 heavy (non-hydrogen) atoms. The van der Waals surface area contributed by atoms with Crippen molar-refractivity contribution in [3.05, 3.63) is 0 Å². The van der Waals surface area contributed by atoms with Crippen molar-refractivity contribution in [1.29, 1.82) is 0 Å². The summed E-state index contributed by atoms with van der Waals surface area (Å²) in [6.45, 7) is 10.4. The first-order valence-electron chi connectivity index (χ1n) is 6.65. The summed E-state index contributed by atoms with van der Waals surface area (Å²) in [4.78, 5) is 0. The van der Waals surface area contributed by atoms with Gasteiger partial charge in [0.2, 0.25) is 0 Å². The Kier molecular flexibility index (Phi) is 13.1. The van der Waals surface area contributed by atoms with Gasteiger partial charge in [0.25, 0.3) is 0 Å². The fourth-order valence-electron chi connectivity index (χ4n) is 1.14. The second-order valence-corrected chi connectivity index (χ2v) is 4.50. The average molecular weight is 296 g/mol. The minimum absolute atomic E-state index is 0.0682. The number of hydrogen-bond acceptors (Lipinski definition) is 4. The van der Waals surface area contributed by atoms with E-state index in [0.717, 1.165) is 38.8 Å². The van der Waals surface area contributed by atoms with Crippen molar-refractivity contribution < 1.29 is 23.3 Å². The van der Waals surface area contributed by atoms with E-state index < -0.39 is 0 Å². The normalized spacial score (nSPS) is 15.1. The molecule has 0 saturated heterocycles. The summed E-state index contributed by atoms with van der Waals surface area (Å²) in [5, 5.41) is 6.62. The van der Waals surface area contributed by atoms with Gasteiger partial charge in [-0.3, -0.25) is 0 Å². The van der Waals surface area contributed by atoms with Crippen LogP contribution >= 0.6 is 0 Å². The molecule has 2 atom stereocenters. The topological polar surface area (TPSA) is 42.5 Å². The van der Waals surface area contributed by atoms with E-state index in [9.17, 15) is 0 Å². The summed E-state index contributed by atoms with van der Waals surface area (Å²) >= 11 is 1.19. The summed E-state index contributed by atoms with van der Waals surface area (Å²) in [5.41, 5.74) is 0. The van der Waals surface area contributed by atoms with E-state index in [1.807, 2.05) is 0 Å². The standard InChI is InChI=1S/2C6H14NO.Cu/c2*1-3-5-7-6(8)4-2;/h2*6-7H,3-5H2,1-2H3;/q2*-1;+2. The Morgan fingerprint density at radius 3 is 1.53 bits per heavy atom. The van der Waals surface area contributed by atoms with Crippen LogP contribution in [0.1, 0.15) is 53.4 Å². The summed E-state index contributed by atoms with van der Waals surface area (Å²) in [6.07, 6.45) is 4.23. The Labute approximate surface area is 113 Å². The van der Waals surface area contributed by atoms with Gasteiger partial charge in [-0.25, -0.2) is 0 Å². The van der Waals surface area contributed by atoms with Crippen LogP contribution in [0.15, 0.2) is 0 Å². The molecule has 0 aromatic heterocycles. The molecule has 0 spiro atoms. The van der Waals surface area contributed by atoms with Gasteiger partial charge < -0.3 is 0 Å². The van der Waals surface area contributed by atoms with Crippen molar-refractivity contribution in [2.75, 3.05) is 13.1 Å². The van der Waals surface area contributed by atoms with Crippen LogP contribution in [-0.2, 0) is 23.3 Å². The van der Waals surface area contributed by atoms with E-state index in [1.165, 1.54) is 15.6 Å². The molecule has 0 rings (SSSR count). The minimum atomic E-state index is 0.0682. The fraction of sp³-hybridized carbons (Fsp3) is 1.00. The third kappa shape index (κ3) is 10.0. The third-order valence-electron chi connectivity index (χ3n) is 2.22. The van der Waals surface area contributed by atoms with Crippen molar-refractivity contribution in [3.8, 4) is 0 Å². The van der Waals surface area contributed by atoms with Gasteiger partial charge >= 0.3 is 113 Å². The molecule has 109 valence electrons. The Morgan fingerprint density at radius 1 is 0.824 bits per heavy atom. The molecule has 0 aromatic carbocycles. The molecule has 2 N–H and O–H groups in total. The van der Waals surface area contributed by atoms with E-state index in [-0.39, 0.29) is 12.5 Å². The zero-order chi connectivity index (χ0) is 12.9. The monoisotopic (exact) mass is 295 g/mol. The summed E-state index contributed by atoms with van der Waals surface area (Å²) in [6, 6.07) is 0. The molecule has 0 heterocycles. The van der Waals surface area contributed by atoms with Gasteiger partial charge in [-0.2, -0.15) is 0 Å². The first-order chi connectivity index (χ1) is 8.28. The zero-order valence-electron chi connectivity index (χ0n) is 11.5. The van der Waals surface area contributed by atoms with Crippen LogP contribution in [-0.4, -0.2) is 25.5 Å². The second-order valence-electron chi connectivity index (χ2n) is 3.89. The van der Waals surface area contributed by atoms with Gasteiger partial charge in [0.05, 0.1) is 0 Å². The van der Waals surface area contributed by atoms with Gasteiger partial charge in [0, 0.05) is 0 Å². The van der Waals surface area contributed by atoms with Gasteiger partial charge in [-0.15, -0.1) is 0 Å². The Bertz CT molecular complexity index is 145. The maximum atomic E-state index is 5.54. The van der Waals surface area contributed by atoms with Crippen LogP contribution in [0.25, 0.3) is 0 Å². The second kappa shape index (κ2) is 12.8. The molecular weight excluding hydrogens is 268 g/mol. The molecule has 2 unspecified atom stereocenters. The molecule has 4 nitrogen and oxygen atoms in total. The molecule has 0 fully saturated rings. The van der Waals surface area contributed by atoms with E-state index in [1.54, 1.807) is 0 Å². The van der Waals surface area contributed by atoms with Crippen molar-refractivity contribution >= 4 is 0 Å². The predicted molar refractivity (Wildman–Crippen MR) is 66.9 cm³/mol. The van der Waals surface area contributed by atoms with Gasteiger partial charge in [-0.05, 0) is 0 Å². The molecular formula is C12H28CuN2O2. The van der Waals surface area contributed by atoms with Crippen molar-refractivity contribution in [1.82, 2.24) is 10.6 Å². The molecule has 5 heteroatoms. The summed E-state index contributed by atoms with van der Waals surface area (Å²) in [5.74, 6) is 0. The van der Waals surface area contributed by atoms with E-state index in [2.05, 4.69) is 38.3 Å². The van der Waals surface area contributed by atoms with Crippen LogP contribution in [0.3, 0.4) is 0 Å². The summed E-state index contributed by atoms with van der Waals surface area (Å²) in [7, 11) is 0. The molecule has 0 amide bonds. The Balaban J connectivity index is 3.61. The van der Waals surface area contributed by atoms with Crippen LogP contribution in [0.4, 0.5) is 0 Å². The van der Waals surface area contributed by atoms with Crippen LogP contribution in [0.5, 0.6) is 0 Å². The van der Waals surface area contributed by atoms with E-state index >= 15 is 0 Å². The quantitative estimate of drug-likeness (QED) is 0.429. The van der Waals surface area contributed by atoms with E-state index in [0.29, 0.717) is 0 Å². The first-order valence-corrected chi connectivity index (χ1v) is 7.42. The first kappa shape index (κ1) is 17.4. The van der Waals surface area contributed by atoms with Gasteiger partial charge in [-0.1, -0.05) is 0 Å². The zero-order valence-corrected chi connectivity index (χ0v) is 12.5. The van der Waals surface area contributed by atoms with Crippen LogP contribution < -0.4 is 10.6 Å². The van der Waals surface area contributed by atoms with Crippen molar-refractivity contribution in [3.63, 3.8) is 0 Å². The Morgan fingerprint density at radius 2 is 1.24 bits per heavy atom. The van der Waals surface area contributed by atoms with Crippen LogP contribution in [0, 0.1) is 0 Å². The van der Waals surface area contributed by atoms with Crippen molar-refractivity contribution in [2.24, 2.45) is 0 Å². The Hall–Kier alpha value is 0.359. The van der Waals surface area contributed by atoms with E-state index in [4.69, 9.17) is 7.64 Å². The van der Waals surface area contributed by atoms with Gasteiger partial charge in [0.1, 0.15) is 0 Å². The average Bonchev–Trinajstić information content (AvgIpc) is 2.37. The summed E-state index contributed by atoms with van der Waals surface area (Å²) < 4.78 is 11.1. The molecule has 0 aliphatic carbocycles. The van der Waals surface area contributed by atoms with Crippen LogP contribution in [0.2, 0.25) is 0 Å². The molecule has 0 aliphatic heterocycles. The number of rotatable bonds is 12. The van der Waals surface area contributed by atoms with Gasteiger partial charge in [0.15, 0.2) is 0 Å². The maximum absolute atomic E-state index is 5.54. The predicted octanol–water partition coefficient (Wildman–Crippen LogP) is 2.40. The van der Waals surface area contributed by atoms with Crippen molar-refractivity contribution in [2.45, 2.75) is 65.8 Å². The molecule has 0 saturated carbocycles. The fourth-order valence-corrected chi connectivity index (χ4v) is 1.88. The SMILES string of the molecule is CCCNC(CC)[O][Cu][O]C(CC)NCCC. The number of nitrogens with one attached hydrogen (secondary N) is 2. The third-order valence-corrected chi connectivity index (χ3v) is 2.93.